The monoisotopic (exact) mass is 271 g/mol. The third-order valence-corrected chi connectivity index (χ3v) is 4.18. The molecule has 1 nitrogen and oxygen atoms in total. The van der Waals surface area contributed by atoms with Crippen molar-refractivity contribution in [2.75, 3.05) is 0 Å². The molecule has 0 spiro atoms. The molecule has 0 atom stereocenters. The molecule has 0 aliphatic heterocycles. The first-order chi connectivity index (χ1) is 6.74. The Labute approximate surface area is 97.1 Å². The number of thiophene rings is 1. The lowest BCUT2D eigenvalue weighted by molar-refractivity contribution is 0.514. The van der Waals surface area contributed by atoms with Crippen molar-refractivity contribution in [3.05, 3.63) is 26.4 Å². The highest BCUT2D eigenvalue weighted by atomic mass is 79.9. The third-order valence-electron chi connectivity index (χ3n) is 2.61. The molecule has 0 radical (unpaired) electrons. The highest BCUT2D eigenvalue weighted by molar-refractivity contribution is 9.11. The summed E-state index contributed by atoms with van der Waals surface area (Å²) in [7, 11) is 0. The Balaban J connectivity index is 2.04. The Kier molecular flexibility index (Phi) is 3.42. The van der Waals surface area contributed by atoms with Crippen molar-refractivity contribution in [2.24, 2.45) is 5.73 Å². The SMILES string of the molecule is NC1CCC(=Cc2ccc(Br)s2)CC1. The first-order valence-electron chi connectivity index (χ1n) is 4.94. The molecule has 1 aliphatic rings. The third kappa shape index (κ3) is 2.69. The Morgan fingerprint density at radius 3 is 2.64 bits per heavy atom. The van der Waals surface area contributed by atoms with Crippen LogP contribution >= 0.6 is 27.3 Å². The molecular formula is C11H14BrNS. The summed E-state index contributed by atoms with van der Waals surface area (Å²) in [5, 5.41) is 0. The molecule has 0 unspecified atom stereocenters. The highest BCUT2D eigenvalue weighted by Crippen LogP contribution is 2.28. The first kappa shape index (κ1) is 10.4. The summed E-state index contributed by atoms with van der Waals surface area (Å²) >= 11 is 5.27. The fraction of sp³-hybridized carbons (Fsp3) is 0.455. The van der Waals surface area contributed by atoms with Crippen molar-refractivity contribution in [2.45, 2.75) is 31.7 Å². The lowest BCUT2D eigenvalue weighted by atomic mass is 9.91. The van der Waals surface area contributed by atoms with Crippen LogP contribution in [0.25, 0.3) is 6.08 Å². The molecule has 0 bridgehead atoms. The van der Waals surface area contributed by atoms with Crippen LogP contribution in [-0.4, -0.2) is 6.04 Å². The van der Waals surface area contributed by atoms with Crippen molar-refractivity contribution in [1.82, 2.24) is 0 Å². The van der Waals surface area contributed by atoms with Crippen molar-refractivity contribution >= 4 is 33.3 Å². The number of hydrogen-bond donors (Lipinski definition) is 1. The predicted molar refractivity (Wildman–Crippen MR) is 66.4 cm³/mol. The van der Waals surface area contributed by atoms with E-state index >= 15 is 0 Å². The van der Waals surface area contributed by atoms with Gasteiger partial charge in [-0.2, -0.15) is 0 Å². The van der Waals surface area contributed by atoms with Gasteiger partial charge in [-0.3, -0.25) is 0 Å². The van der Waals surface area contributed by atoms with Gasteiger partial charge in [0.15, 0.2) is 0 Å². The number of allylic oxidation sites excluding steroid dienone is 1. The maximum absolute atomic E-state index is 5.86. The van der Waals surface area contributed by atoms with Gasteiger partial charge in [-0.25, -0.2) is 0 Å². The zero-order valence-electron chi connectivity index (χ0n) is 8.00. The number of hydrogen-bond acceptors (Lipinski definition) is 2. The van der Waals surface area contributed by atoms with Gasteiger partial charge in [0.05, 0.1) is 3.79 Å². The molecule has 0 saturated heterocycles. The standard InChI is InChI=1S/C11H14BrNS/c12-11-6-5-10(14-11)7-8-1-3-9(13)4-2-8/h5-7,9H,1-4,13H2. The van der Waals surface area contributed by atoms with E-state index in [1.165, 1.54) is 21.5 Å². The van der Waals surface area contributed by atoms with Crippen LogP contribution in [0.5, 0.6) is 0 Å². The van der Waals surface area contributed by atoms with E-state index in [0.29, 0.717) is 6.04 Å². The minimum absolute atomic E-state index is 0.433. The smallest absolute Gasteiger partial charge is 0.0704 e. The van der Waals surface area contributed by atoms with Crippen LogP contribution in [-0.2, 0) is 0 Å². The van der Waals surface area contributed by atoms with E-state index in [2.05, 4.69) is 34.1 Å². The van der Waals surface area contributed by atoms with Crippen LogP contribution < -0.4 is 5.73 Å². The molecule has 1 aliphatic carbocycles. The van der Waals surface area contributed by atoms with Gasteiger partial charge in [0, 0.05) is 10.9 Å². The van der Waals surface area contributed by atoms with Gasteiger partial charge in [0.1, 0.15) is 0 Å². The minimum Gasteiger partial charge on any atom is -0.328 e. The van der Waals surface area contributed by atoms with Gasteiger partial charge >= 0.3 is 0 Å². The lowest BCUT2D eigenvalue weighted by Crippen LogP contribution is -2.23. The molecule has 1 aromatic rings. The molecule has 1 fully saturated rings. The van der Waals surface area contributed by atoms with Gasteiger partial charge < -0.3 is 5.73 Å². The number of nitrogens with two attached hydrogens (primary N) is 1. The molecule has 2 N–H and O–H groups in total. The van der Waals surface area contributed by atoms with E-state index in [4.69, 9.17) is 5.73 Å². The fourth-order valence-corrected chi connectivity index (χ4v) is 3.18. The Hall–Kier alpha value is -0.120. The summed E-state index contributed by atoms with van der Waals surface area (Å²) in [6, 6.07) is 4.70. The summed E-state index contributed by atoms with van der Waals surface area (Å²) in [6.07, 6.45) is 6.98. The fourth-order valence-electron chi connectivity index (χ4n) is 1.76. The zero-order chi connectivity index (χ0) is 9.97. The summed E-state index contributed by atoms with van der Waals surface area (Å²) in [5.74, 6) is 0. The van der Waals surface area contributed by atoms with E-state index in [1.807, 2.05) is 0 Å². The molecule has 1 aromatic heterocycles. The summed E-state index contributed by atoms with van der Waals surface area (Å²) in [4.78, 5) is 1.35. The molecular weight excluding hydrogens is 258 g/mol. The average molecular weight is 272 g/mol. The van der Waals surface area contributed by atoms with Gasteiger partial charge in [-0.05, 0) is 59.8 Å². The van der Waals surface area contributed by atoms with E-state index < -0.39 is 0 Å². The van der Waals surface area contributed by atoms with E-state index in [1.54, 1.807) is 16.9 Å². The van der Waals surface area contributed by atoms with E-state index in [0.717, 1.165) is 12.8 Å². The van der Waals surface area contributed by atoms with Crippen molar-refractivity contribution in [3.63, 3.8) is 0 Å². The molecule has 0 amide bonds. The highest BCUT2D eigenvalue weighted by Gasteiger charge is 2.12. The quantitative estimate of drug-likeness (QED) is 0.826. The number of rotatable bonds is 1. The predicted octanol–water partition coefficient (Wildman–Crippen LogP) is 3.80. The van der Waals surface area contributed by atoms with Crippen LogP contribution in [0.3, 0.4) is 0 Å². The first-order valence-corrected chi connectivity index (χ1v) is 6.55. The minimum atomic E-state index is 0.433. The lowest BCUT2D eigenvalue weighted by Gasteiger charge is -2.19. The van der Waals surface area contributed by atoms with Gasteiger partial charge in [-0.15, -0.1) is 11.3 Å². The molecule has 0 aromatic carbocycles. The maximum Gasteiger partial charge on any atom is 0.0704 e. The summed E-state index contributed by atoms with van der Waals surface area (Å²) < 4.78 is 1.21. The molecule has 1 heterocycles. The molecule has 1 saturated carbocycles. The topological polar surface area (TPSA) is 26.0 Å². The maximum atomic E-state index is 5.86. The second-order valence-electron chi connectivity index (χ2n) is 3.78. The molecule has 3 heteroatoms. The van der Waals surface area contributed by atoms with Gasteiger partial charge in [-0.1, -0.05) is 5.57 Å². The average Bonchev–Trinajstić information content (AvgIpc) is 2.56. The second kappa shape index (κ2) is 4.60. The zero-order valence-corrected chi connectivity index (χ0v) is 10.4. The van der Waals surface area contributed by atoms with Gasteiger partial charge in [0.25, 0.3) is 0 Å². The summed E-state index contributed by atoms with van der Waals surface area (Å²) in [6.45, 7) is 0. The van der Waals surface area contributed by atoms with Crippen molar-refractivity contribution in [3.8, 4) is 0 Å². The molecule has 2 rings (SSSR count). The second-order valence-corrected chi connectivity index (χ2v) is 6.28. The number of halogens is 1. The largest absolute Gasteiger partial charge is 0.328 e. The van der Waals surface area contributed by atoms with E-state index in [-0.39, 0.29) is 0 Å². The van der Waals surface area contributed by atoms with Crippen LogP contribution in [0.4, 0.5) is 0 Å². The van der Waals surface area contributed by atoms with Crippen LogP contribution in [0.15, 0.2) is 21.5 Å². The molecule has 76 valence electrons. The van der Waals surface area contributed by atoms with Crippen molar-refractivity contribution < 1.29 is 0 Å². The van der Waals surface area contributed by atoms with E-state index in [9.17, 15) is 0 Å². The van der Waals surface area contributed by atoms with Crippen LogP contribution in [0, 0.1) is 0 Å². The van der Waals surface area contributed by atoms with Crippen LogP contribution in [0.2, 0.25) is 0 Å². The van der Waals surface area contributed by atoms with Crippen molar-refractivity contribution in [1.29, 1.82) is 0 Å². The Bertz CT molecular complexity index is 333. The summed E-state index contributed by atoms with van der Waals surface area (Å²) in [5.41, 5.74) is 7.42. The normalized spacial score (nSPS) is 22.4. The van der Waals surface area contributed by atoms with Crippen LogP contribution in [0.1, 0.15) is 30.6 Å². The Morgan fingerprint density at radius 1 is 1.36 bits per heavy atom. The molecule has 14 heavy (non-hydrogen) atoms. The van der Waals surface area contributed by atoms with Gasteiger partial charge in [0.2, 0.25) is 0 Å². The Morgan fingerprint density at radius 2 is 2.07 bits per heavy atom.